The minimum atomic E-state index is -4.92. The average Bonchev–Trinajstić information content (AvgIpc) is 3.17. The summed E-state index contributed by atoms with van der Waals surface area (Å²) in [5.74, 6) is -0.483. The molecule has 1 atom stereocenters. The maximum atomic E-state index is 13.6. The van der Waals surface area contributed by atoms with Gasteiger partial charge in [-0.05, 0) is 17.7 Å². The largest absolute Gasteiger partial charge is 0.429 e. The predicted molar refractivity (Wildman–Crippen MR) is 81.4 cm³/mol. The number of rotatable bonds is 4. The zero-order valence-corrected chi connectivity index (χ0v) is 13.3. The third-order valence-electron chi connectivity index (χ3n) is 3.58. The number of hydrogen-bond donors (Lipinski definition) is 1. The van der Waals surface area contributed by atoms with E-state index >= 15 is 0 Å². The molecule has 0 aliphatic rings. The number of aryl methyl sites for hydroxylation is 1. The molecule has 24 heavy (non-hydrogen) atoms. The van der Waals surface area contributed by atoms with E-state index in [1.165, 1.54) is 23.3 Å². The quantitative estimate of drug-likeness (QED) is 0.782. The molecule has 0 spiro atoms. The molecule has 1 unspecified atom stereocenters. The second-order valence-corrected chi connectivity index (χ2v) is 6.16. The Hall–Kier alpha value is -2.26. The Morgan fingerprint density at radius 3 is 2.50 bits per heavy atom. The highest BCUT2D eigenvalue weighted by Gasteiger charge is 2.60. The first-order valence-corrected chi connectivity index (χ1v) is 7.80. The van der Waals surface area contributed by atoms with Gasteiger partial charge in [0.15, 0.2) is 5.82 Å². The summed E-state index contributed by atoms with van der Waals surface area (Å²) in [6.45, 7) is 0. The monoisotopic (exact) mass is 354 g/mol. The van der Waals surface area contributed by atoms with Crippen LogP contribution in [-0.4, -0.2) is 30.8 Å². The van der Waals surface area contributed by atoms with Gasteiger partial charge in [0.25, 0.3) is 5.60 Å². The molecular formula is C15H13F3N4OS. The van der Waals surface area contributed by atoms with Crippen molar-refractivity contribution in [2.45, 2.75) is 18.2 Å². The fourth-order valence-electron chi connectivity index (χ4n) is 2.43. The van der Waals surface area contributed by atoms with E-state index in [0.29, 0.717) is 12.1 Å². The van der Waals surface area contributed by atoms with Crippen molar-refractivity contribution in [3.05, 3.63) is 64.4 Å². The van der Waals surface area contributed by atoms with E-state index in [1.807, 2.05) is 0 Å². The Labute approximate surface area is 139 Å². The molecule has 9 heteroatoms. The van der Waals surface area contributed by atoms with Crippen LogP contribution in [0, 0.1) is 0 Å². The first-order chi connectivity index (χ1) is 11.3. The van der Waals surface area contributed by atoms with E-state index < -0.39 is 17.6 Å². The van der Waals surface area contributed by atoms with Crippen LogP contribution in [0.4, 0.5) is 13.2 Å². The summed E-state index contributed by atoms with van der Waals surface area (Å²) in [6.07, 6.45) is 1.10. The lowest BCUT2D eigenvalue weighted by Gasteiger charge is -2.28. The number of pyridine rings is 1. The van der Waals surface area contributed by atoms with Crippen LogP contribution >= 0.6 is 11.3 Å². The van der Waals surface area contributed by atoms with Crippen LogP contribution in [0.2, 0.25) is 0 Å². The van der Waals surface area contributed by atoms with Crippen LogP contribution in [0.3, 0.4) is 0 Å². The smallest absolute Gasteiger partial charge is 0.369 e. The lowest BCUT2D eigenvalue weighted by atomic mass is 10.0. The summed E-state index contributed by atoms with van der Waals surface area (Å²) in [5, 5.41) is 10.5. The van der Waals surface area contributed by atoms with Crippen LogP contribution in [0.1, 0.15) is 22.0 Å². The number of imidazole rings is 1. The normalized spacial score (nSPS) is 14.5. The number of thiazole rings is 1. The first kappa shape index (κ1) is 16.6. The van der Waals surface area contributed by atoms with Gasteiger partial charge in [0.1, 0.15) is 0 Å². The van der Waals surface area contributed by atoms with Gasteiger partial charge in [-0.15, -0.1) is 11.3 Å². The van der Waals surface area contributed by atoms with Crippen molar-refractivity contribution in [3.63, 3.8) is 0 Å². The van der Waals surface area contributed by atoms with Gasteiger partial charge in [0.2, 0.25) is 0 Å². The number of alkyl halides is 3. The van der Waals surface area contributed by atoms with Gasteiger partial charge in [0, 0.05) is 38.3 Å². The summed E-state index contributed by atoms with van der Waals surface area (Å²) >= 11 is 0.731. The molecule has 0 saturated heterocycles. The van der Waals surface area contributed by atoms with Crippen molar-refractivity contribution in [1.29, 1.82) is 0 Å². The Bertz CT molecular complexity index is 817. The van der Waals surface area contributed by atoms with Gasteiger partial charge in [-0.3, -0.25) is 9.97 Å². The van der Waals surface area contributed by atoms with Crippen LogP contribution in [-0.2, 0) is 19.1 Å². The van der Waals surface area contributed by atoms with E-state index in [-0.39, 0.29) is 4.88 Å². The zero-order valence-electron chi connectivity index (χ0n) is 12.5. The summed E-state index contributed by atoms with van der Waals surface area (Å²) in [6, 6.07) is 3.51. The van der Waals surface area contributed by atoms with Gasteiger partial charge in [-0.1, -0.05) is 0 Å². The molecule has 1 N–H and O–H groups in total. The van der Waals surface area contributed by atoms with Crippen molar-refractivity contribution in [1.82, 2.24) is 19.5 Å². The number of aliphatic hydroxyl groups is 1. The van der Waals surface area contributed by atoms with E-state index in [1.54, 1.807) is 24.5 Å². The molecule has 0 aliphatic carbocycles. The zero-order chi connectivity index (χ0) is 17.4. The lowest BCUT2D eigenvalue weighted by molar-refractivity contribution is -0.250. The second-order valence-electron chi connectivity index (χ2n) is 5.27. The molecule has 0 aliphatic heterocycles. The van der Waals surface area contributed by atoms with E-state index in [4.69, 9.17) is 0 Å². The topological polar surface area (TPSA) is 63.8 Å². The van der Waals surface area contributed by atoms with Crippen LogP contribution < -0.4 is 0 Å². The number of hydrogen-bond acceptors (Lipinski definition) is 5. The average molecular weight is 354 g/mol. The summed E-state index contributed by atoms with van der Waals surface area (Å²) in [4.78, 5) is 11.3. The van der Waals surface area contributed by atoms with Crippen molar-refractivity contribution >= 4 is 11.3 Å². The van der Waals surface area contributed by atoms with E-state index in [0.717, 1.165) is 23.1 Å². The van der Waals surface area contributed by atoms with Crippen molar-refractivity contribution in [2.75, 3.05) is 0 Å². The Kier molecular flexibility index (Phi) is 4.14. The van der Waals surface area contributed by atoms with Crippen molar-refractivity contribution in [3.8, 4) is 0 Å². The van der Waals surface area contributed by atoms with E-state index in [2.05, 4.69) is 15.0 Å². The van der Waals surface area contributed by atoms with Crippen LogP contribution in [0.5, 0.6) is 0 Å². The fourth-order valence-corrected chi connectivity index (χ4v) is 3.17. The van der Waals surface area contributed by atoms with Gasteiger partial charge in [0.05, 0.1) is 16.1 Å². The molecule has 0 saturated carbocycles. The maximum absolute atomic E-state index is 13.6. The lowest BCUT2D eigenvalue weighted by Crippen LogP contribution is -2.44. The van der Waals surface area contributed by atoms with Gasteiger partial charge in [-0.25, -0.2) is 4.98 Å². The summed E-state index contributed by atoms with van der Waals surface area (Å²) in [5.41, 5.74) is -0.666. The van der Waals surface area contributed by atoms with E-state index in [9.17, 15) is 18.3 Å². The molecule has 5 nitrogen and oxygen atoms in total. The Morgan fingerprint density at radius 2 is 1.92 bits per heavy atom. The third-order valence-corrected chi connectivity index (χ3v) is 4.47. The summed E-state index contributed by atoms with van der Waals surface area (Å²) in [7, 11) is 1.43. The molecule has 0 aromatic carbocycles. The van der Waals surface area contributed by atoms with Gasteiger partial charge >= 0.3 is 6.18 Å². The molecule has 0 amide bonds. The highest BCUT2D eigenvalue weighted by molar-refractivity contribution is 7.09. The van der Waals surface area contributed by atoms with Crippen molar-refractivity contribution < 1.29 is 18.3 Å². The molecule has 3 aromatic heterocycles. The first-order valence-electron chi connectivity index (χ1n) is 6.92. The maximum Gasteiger partial charge on any atom is 0.429 e. The van der Waals surface area contributed by atoms with Crippen LogP contribution in [0.15, 0.2) is 42.4 Å². The standard InChI is InChI=1S/C15H13F3N4OS/c1-22-8-11(6-10-2-4-19-5-3-10)21-13(22)14(23,15(16,17)18)12-7-20-9-24-12/h2-5,7-9,23H,6H2,1H3. The fraction of sp³-hybridized carbons (Fsp3) is 0.267. The Balaban J connectivity index is 2.04. The highest BCUT2D eigenvalue weighted by Crippen LogP contribution is 2.44. The molecule has 3 rings (SSSR count). The van der Waals surface area contributed by atoms with Crippen LogP contribution in [0.25, 0.3) is 0 Å². The minimum Gasteiger partial charge on any atom is -0.369 e. The molecular weight excluding hydrogens is 341 g/mol. The molecule has 0 radical (unpaired) electrons. The predicted octanol–water partition coefficient (Wildman–Crippen LogP) is 2.66. The second kappa shape index (κ2) is 5.99. The number of aromatic nitrogens is 4. The molecule has 126 valence electrons. The van der Waals surface area contributed by atoms with Gasteiger partial charge in [-0.2, -0.15) is 13.2 Å². The summed E-state index contributed by atoms with van der Waals surface area (Å²) < 4.78 is 42.1. The number of nitrogens with zero attached hydrogens (tertiary/aromatic N) is 4. The molecule has 0 fully saturated rings. The number of halogens is 3. The highest BCUT2D eigenvalue weighted by atomic mass is 32.1. The van der Waals surface area contributed by atoms with Gasteiger partial charge < -0.3 is 9.67 Å². The minimum absolute atomic E-state index is 0.320. The molecule has 0 bridgehead atoms. The Morgan fingerprint density at radius 1 is 1.21 bits per heavy atom. The third kappa shape index (κ3) is 2.80. The van der Waals surface area contributed by atoms with Crippen molar-refractivity contribution in [2.24, 2.45) is 7.05 Å². The molecule has 3 aromatic rings. The molecule has 3 heterocycles. The SMILES string of the molecule is Cn1cc(Cc2ccncc2)nc1C(O)(c1cncs1)C(F)(F)F.